The quantitative estimate of drug-likeness (QED) is 0.738. The minimum atomic E-state index is -0.252. The van der Waals surface area contributed by atoms with Crippen molar-refractivity contribution in [3.63, 3.8) is 0 Å². The summed E-state index contributed by atoms with van der Waals surface area (Å²) in [6, 6.07) is 16.3. The van der Waals surface area contributed by atoms with Crippen LogP contribution in [-0.2, 0) is 0 Å². The van der Waals surface area contributed by atoms with Gasteiger partial charge in [0, 0.05) is 43.8 Å². The average molecular weight is 362 g/mol. The molecule has 138 valence electrons. The first-order chi connectivity index (χ1) is 13.2. The number of hydrogen-bond donors (Lipinski definition) is 1. The summed E-state index contributed by atoms with van der Waals surface area (Å²) in [4.78, 5) is 10.3. The molecule has 4 rings (SSSR count). The number of anilines is 1. The third kappa shape index (κ3) is 3.98. The Balaban J connectivity index is 1.38. The standard InChI is InChI=1S/C22H23FN4/c1-16(17-4-6-18(7-5-17)19-8-12-24-13-9-19)26-20-10-14-27(15-20)22-21(23)3-2-11-25-22/h2-9,11-13,16,20,26H,10,14-15H2,1H3. The monoisotopic (exact) mass is 362 g/mol. The van der Waals surface area contributed by atoms with Crippen molar-refractivity contribution in [2.75, 3.05) is 18.0 Å². The third-order valence-corrected chi connectivity index (χ3v) is 5.14. The number of rotatable bonds is 5. The maximum Gasteiger partial charge on any atom is 0.165 e. The smallest absolute Gasteiger partial charge is 0.165 e. The number of halogens is 1. The van der Waals surface area contributed by atoms with Gasteiger partial charge in [-0.25, -0.2) is 9.37 Å². The molecule has 2 aromatic heterocycles. The van der Waals surface area contributed by atoms with E-state index in [0.29, 0.717) is 11.9 Å². The Kier molecular flexibility index (Phi) is 5.12. The van der Waals surface area contributed by atoms with Gasteiger partial charge in [0.05, 0.1) is 0 Å². The van der Waals surface area contributed by atoms with Crippen LogP contribution in [0.25, 0.3) is 11.1 Å². The molecular formula is C22H23FN4. The molecule has 1 aliphatic heterocycles. The molecule has 2 atom stereocenters. The second kappa shape index (κ2) is 7.84. The van der Waals surface area contributed by atoms with E-state index in [2.05, 4.69) is 46.5 Å². The van der Waals surface area contributed by atoms with Crippen LogP contribution < -0.4 is 10.2 Å². The van der Waals surface area contributed by atoms with Crippen LogP contribution in [0, 0.1) is 5.82 Å². The van der Waals surface area contributed by atoms with Crippen LogP contribution in [0.4, 0.5) is 10.2 Å². The second-order valence-corrected chi connectivity index (χ2v) is 6.99. The molecule has 0 saturated carbocycles. The van der Waals surface area contributed by atoms with E-state index in [1.165, 1.54) is 22.8 Å². The second-order valence-electron chi connectivity index (χ2n) is 6.99. The molecule has 27 heavy (non-hydrogen) atoms. The zero-order valence-corrected chi connectivity index (χ0v) is 15.3. The largest absolute Gasteiger partial charge is 0.353 e. The Bertz CT molecular complexity index is 882. The van der Waals surface area contributed by atoms with Crippen molar-refractivity contribution in [3.8, 4) is 11.1 Å². The van der Waals surface area contributed by atoms with Crippen molar-refractivity contribution in [3.05, 3.63) is 78.5 Å². The molecule has 4 nitrogen and oxygen atoms in total. The Morgan fingerprint density at radius 1 is 1.04 bits per heavy atom. The van der Waals surface area contributed by atoms with Crippen LogP contribution in [0.2, 0.25) is 0 Å². The van der Waals surface area contributed by atoms with Crippen LogP contribution in [0.5, 0.6) is 0 Å². The molecule has 1 aromatic carbocycles. The molecule has 1 fully saturated rings. The van der Waals surface area contributed by atoms with Crippen molar-refractivity contribution in [2.45, 2.75) is 25.4 Å². The Labute approximate surface area is 159 Å². The zero-order valence-electron chi connectivity index (χ0n) is 15.3. The van der Waals surface area contributed by atoms with E-state index >= 15 is 0 Å². The lowest BCUT2D eigenvalue weighted by atomic mass is 10.0. The highest BCUT2D eigenvalue weighted by molar-refractivity contribution is 5.63. The maximum absolute atomic E-state index is 13.9. The highest BCUT2D eigenvalue weighted by Gasteiger charge is 2.26. The van der Waals surface area contributed by atoms with Crippen LogP contribution in [-0.4, -0.2) is 29.1 Å². The molecule has 0 spiro atoms. The Morgan fingerprint density at radius 3 is 2.52 bits per heavy atom. The number of nitrogens with one attached hydrogen (secondary N) is 1. The number of pyridine rings is 2. The lowest BCUT2D eigenvalue weighted by Gasteiger charge is -2.21. The third-order valence-electron chi connectivity index (χ3n) is 5.14. The van der Waals surface area contributed by atoms with Crippen molar-refractivity contribution in [1.29, 1.82) is 0 Å². The van der Waals surface area contributed by atoms with Gasteiger partial charge in [-0.3, -0.25) is 4.98 Å². The van der Waals surface area contributed by atoms with Gasteiger partial charge in [-0.05, 0) is 54.3 Å². The summed E-state index contributed by atoms with van der Waals surface area (Å²) in [5, 5.41) is 3.67. The molecule has 3 aromatic rings. The summed E-state index contributed by atoms with van der Waals surface area (Å²) >= 11 is 0. The van der Waals surface area contributed by atoms with Gasteiger partial charge in [0.15, 0.2) is 11.6 Å². The van der Waals surface area contributed by atoms with Gasteiger partial charge in [-0.2, -0.15) is 0 Å². The van der Waals surface area contributed by atoms with Gasteiger partial charge in [0.2, 0.25) is 0 Å². The zero-order chi connectivity index (χ0) is 18.6. The summed E-state index contributed by atoms with van der Waals surface area (Å²) in [6.45, 7) is 3.76. The molecule has 3 heterocycles. The first-order valence-corrected chi connectivity index (χ1v) is 9.32. The first-order valence-electron chi connectivity index (χ1n) is 9.32. The molecule has 0 radical (unpaired) electrons. The molecule has 1 saturated heterocycles. The fourth-order valence-electron chi connectivity index (χ4n) is 3.66. The Morgan fingerprint density at radius 2 is 1.78 bits per heavy atom. The van der Waals surface area contributed by atoms with E-state index in [1.807, 2.05) is 29.4 Å². The lowest BCUT2D eigenvalue weighted by molar-refractivity contribution is 0.480. The van der Waals surface area contributed by atoms with Gasteiger partial charge < -0.3 is 10.2 Å². The fraction of sp³-hybridized carbons (Fsp3) is 0.273. The van der Waals surface area contributed by atoms with E-state index in [4.69, 9.17) is 0 Å². The summed E-state index contributed by atoms with van der Waals surface area (Å²) < 4.78 is 13.9. The minimum Gasteiger partial charge on any atom is -0.353 e. The summed E-state index contributed by atoms with van der Waals surface area (Å²) in [6.07, 6.45) is 6.25. The normalized spacial score (nSPS) is 17.9. The fourth-order valence-corrected chi connectivity index (χ4v) is 3.66. The number of benzene rings is 1. The molecule has 2 unspecified atom stereocenters. The molecule has 1 aliphatic rings. The van der Waals surface area contributed by atoms with Crippen molar-refractivity contribution < 1.29 is 4.39 Å². The minimum absolute atomic E-state index is 0.231. The van der Waals surface area contributed by atoms with Crippen LogP contribution >= 0.6 is 0 Å². The van der Waals surface area contributed by atoms with E-state index in [9.17, 15) is 4.39 Å². The lowest BCUT2D eigenvalue weighted by Crippen LogP contribution is -2.34. The summed E-state index contributed by atoms with van der Waals surface area (Å²) in [5.41, 5.74) is 3.60. The average Bonchev–Trinajstić information content (AvgIpc) is 3.17. The van der Waals surface area contributed by atoms with Crippen molar-refractivity contribution in [2.24, 2.45) is 0 Å². The molecule has 1 N–H and O–H groups in total. The van der Waals surface area contributed by atoms with Crippen LogP contribution in [0.15, 0.2) is 67.1 Å². The first kappa shape index (κ1) is 17.6. The summed E-state index contributed by atoms with van der Waals surface area (Å²) in [7, 11) is 0. The highest BCUT2D eigenvalue weighted by Crippen LogP contribution is 2.24. The predicted molar refractivity (Wildman–Crippen MR) is 106 cm³/mol. The maximum atomic E-state index is 13.9. The topological polar surface area (TPSA) is 41.0 Å². The van der Waals surface area contributed by atoms with Crippen LogP contribution in [0.1, 0.15) is 24.9 Å². The van der Waals surface area contributed by atoms with Gasteiger partial charge in [-0.1, -0.05) is 24.3 Å². The van der Waals surface area contributed by atoms with E-state index in [-0.39, 0.29) is 11.9 Å². The van der Waals surface area contributed by atoms with E-state index < -0.39 is 0 Å². The number of hydrogen-bond acceptors (Lipinski definition) is 4. The Hall–Kier alpha value is -2.79. The number of aromatic nitrogens is 2. The molecule has 5 heteroatoms. The van der Waals surface area contributed by atoms with Crippen LogP contribution in [0.3, 0.4) is 0 Å². The van der Waals surface area contributed by atoms with E-state index in [0.717, 1.165) is 19.5 Å². The molecule has 0 amide bonds. The van der Waals surface area contributed by atoms with Crippen molar-refractivity contribution >= 4 is 5.82 Å². The highest BCUT2D eigenvalue weighted by atomic mass is 19.1. The van der Waals surface area contributed by atoms with Crippen molar-refractivity contribution in [1.82, 2.24) is 15.3 Å². The van der Waals surface area contributed by atoms with Gasteiger partial charge in [0.25, 0.3) is 0 Å². The van der Waals surface area contributed by atoms with Gasteiger partial charge in [0.1, 0.15) is 0 Å². The van der Waals surface area contributed by atoms with E-state index in [1.54, 1.807) is 12.3 Å². The molecule has 0 bridgehead atoms. The molecular weight excluding hydrogens is 339 g/mol. The predicted octanol–water partition coefficient (Wildman–Crippen LogP) is 4.21. The number of nitrogens with zero attached hydrogens (tertiary/aromatic N) is 3. The van der Waals surface area contributed by atoms with Gasteiger partial charge in [-0.15, -0.1) is 0 Å². The SMILES string of the molecule is CC(NC1CCN(c2ncccc2F)C1)c1ccc(-c2ccncc2)cc1. The summed E-state index contributed by atoms with van der Waals surface area (Å²) in [5.74, 6) is 0.203. The van der Waals surface area contributed by atoms with Gasteiger partial charge >= 0.3 is 0 Å². The molecule has 0 aliphatic carbocycles.